The van der Waals surface area contributed by atoms with Gasteiger partial charge in [0, 0.05) is 17.3 Å². The molecule has 1 N–H and O–H groups in total. The van der Waals surface area contributed by atoms with Gasteiger partial charge in [0.1, 0.15) is 5.00 Å². The van der Waals surface area contributed by atoms with Crippen molar-refractivity contribution in [3.8, 4) is 0 Å². The van der Waals surface area contributed by atoms with Gasteiger partial charge in [0.25, 0.3) is 0 Å². The van der Waals surface area contributed by atoms with Gasteiger partial charge in [-0.05, 0) is 43.6 Å². The van der Waals surface area contributed by atoms with Crippen molar-refractivity contribution in [2.24, 2.45) is 5.92 Å². The number of amides is 1. The van der Waals surface area contributed by atoms with Gasteiger partial charge in [-0.3, -0.25) is 4.79 Å². The number of carbonyl (C=O) groups is 3. The highest BCUT2D eigenvalue weighted by Crippen LogP contribution is 2.40. The Kier molecular flexibility index (Phi) is 5.76. The van der Waals surface area contributed by atoms with Crippen molar-refractivity contribution in [1.29, 1.82) is 0 Å². The van der Waals surface area contributed by atoms with Crippen molar-refractivity contribution >= 4 is 34.2 Å². The summed E-state index contributed by atoms with van der Waals surface area (Å²) in [6.45, 7) is 2.17. The van der Waals surface area contributed by atoms with Crippen LogP contribution < -0.4 is 10.4 Å². The second-order valence-electron chi connectivity index (χ2n) is 5.82. The highest BCUT2D eigenvalue weighted by Gasteiger charge is 2.28. The van der Waals surface area contributed by atoms with Crippen LogP contribution in [-0.2, 0) is 27.2 Å². The molecule has 2 rings (SSSR count). The predicted molar refractivity (Wildman–Crippen MR) is 84.3 cm³/mol. The summed E-state index contributed by atoms with van der Waals surface area (Å²) >= 11 is 1.42. The number of hydrogen-bond donors (Lipinski definition) is 1. The van der Waals surface area contributed by atoms with Gasteiger partial charge < -0.3 is 20.0 Å². The number of rotatable bonds is 6. The van der Waals surface area contributed by atoms with Crippen molar-refractivity contribution in [2.45, 2.75) is 45.4 Å². The number of esters is 1. The van der Waals surface area contributed by atoms with Crippen LogP contribution in [0.4, 0.5) is 5.00 Å². The molecule has 0 saturated heterocycles. The number of nitrogens with one attached hydrogen (secondary N) is 1. The Morgan fingerprint density at radius 1 is 1.35 bits per heavy atom. The Bertz CT molecular complexity index is 622. The van der Waals surface area contributed by atoms with Gasteiger partial charge >= 0.3 is 5.97 Å². The number of ether oxygens (including phenoxy) is 1. The summed E-state index contributed by atoms with van der Waals surface area (Å²) in [5, 5.41) is 13.6. The van der Waals surface area contributed by atoms with Crippen molar-refractivity contribution in [1.82, 2.24) is 0 Å². The van der Waals surface area contributed by atoms with E-state index >= 15 is 0 Å². The summed E-state index contributed by atoms with van der Waals surface area (Å²) in [6, 6.07) is 0. The maximum absolute atomic E-state index is 12.1. The molecule has 1 aliphatic carbocycles. The SMILES string of the molecule is COC(=O)c1c(NC(=O)CCCC(=O)[O-])sc2c1CCC(C)C2. The van der Waals surface area contributed by atoms with Crippen LogP contribution in [0.3, 0.4) is 0 Å². The predicted octanol–water partition coefficient (Wildman–Crippen LogP) is 1.52. The third kappa shape index (κ3) is 4.31. The number of carboxylic acid groups (broad SMARTS) is 1. The molecule has 1 amide bonds. The van der Waals surface area contributed by atoms with E-state index in [2.05, 4.69) is 12.2 Å². The smallest absolute Gasteiger partial charge is 0.341 e. The summed E-state index contributed by atoms with van der Waals surface area (Å²) in [4.78, 5) is 35.5. The van der Waals surface area contributed by atoms with Crippen LogP contribution in [0.5, 0.6) is 0 Å². The number of carboxylic acids is 1. The third-order valence-electron chi connectivity index (χ3n) is 3.94. The maximum atomic E-state index is 12.1. The quantitative estimate of drug-likeness (QED) is 0.793. The molecule has 1 aromatic rings. The van der Waals surface area contributed by atoms with E-state index in [0.29, 0.717) is 16.5 Å². The molecule has 7 heteroatoms. The molecule has 1 atom stereocenters. The van der Waals surface area contributed by atoms with E-state index in [1.54, 1.807) is 0 Å². The maximum Gasteiger partial charge on any atom is 0.341 e. The lowest BCUT2D eigenvalue weighted by Crippen LogP contribution is -2.22. The van der Waals surface area contributed by atoms with Gasteiger partial charge in [-0.25, -0.2) is 4.79 Å². The van der Waals surface area contributed by atoms with Gasteiger partial charge in [0.2, 0.25) is 5.91 Å². The molecule has 126 valence electrons. The molecule has 23 heavy (non-hydrogen) atoms. The zero-order valence-corrected chi connectivity index (χ0v) is 14.1. The van der Waals surface area contributed by atoms with Crippen molar-refractivity contribution in [2.75, 3.05) is 12.4 Å². The Morgan fingerprint density at radius 3 is 2.74 bits per heavy atom. The van der Waals surface area contributed by atoms with Crippen LogP contribution in [0.2, 0.25) is 0 Å². The fourth-order valence-corrected chi connectivity index (χ4v) is 4.15. The average Bonchev–Trinajstić information content (AvgIpc) is 2.82. The highest BCUT2D eigenvalue weighted by molar-refractivity contribution is 7.17. The number of hydrogen-bond acceptors (Lipinski definition) is 6. The minimum Gasteiger partial charge on any atom is -0.550 e. The number of carbonyl (C=O) groups excluding carboxylic acids is 3. The van der Waals surface area contributed by atoms with Gasteiger partial charge in [-0.15, -0.1) is 11.3 Å². The average molecular weight is 338 g/mol. The van der Waals surface area contributed by atoms with Crippen molar-refractivity contribution < 1.29 is 24.2 Å². The molecule has 0 spiro atoms. The van der Waals surface area contributed by atoms with Crippen LogP contribution in [0.1, 0.15) is 53.4 Å². The van der Waals surface area contributed by atoms with E-state index in [1.807, 2.05) is 0 Å². The van der Waals surface area contributed by atoms with Crippen LogP contribution in [0.25, 0.3) is 0 Å². The Morgan fingerprint density at radius 2 is 2.09 bits per heavy atom. The lowest BCUT2D eigenvalue weighted by atomic mass is 9.88. The summed E-state index contributed by atoms with van der Waals surface area (Å²) < 4.78 is 4.85. The first-order valence-corrected chi connectivity index (χ1v) is 8.46. The molecule has 0 radical (unpaired) electrons. The van der Waals surface area contributed by atoms with E-state index in [1.165, 1.54) is 18.4 Å². The van der Waals surface area contributed by atoms with Crippen LogP contribution in [0, 0.1) is 5.92 Å². The number of thiophene rings is 1. The van der Waals surface area contributed by atoms with Crippen molar-refractivity contribution in [3.05, 3.63) is 16.0 Å². The number of fused-ring (bicyclic) bond motifs is 1. The third-order valence-corrected chi connectivity index (χ3v) is 5.11. The summed E-state index contributed by atoms with van der Waals surface area (Å²) in [6.07, 6.45) is 2.84. The summed E-state index contributed by atoms with van der Waals surface area (Å²) in [5.74, 6) is -1.36. The first kappa shape index (κ1) is 17.5. The largest absolute Gasteiger partial charge is 0.550 e. The van der Waals surface area contributed by atoms with E-state index < -0.39 is 11.9 Å². The van der Waals surface area contributed by atoms with Crippen LogP contribution in [0.15, 0.2) is 0 Å². The second-order valence-corrected chi connectivity index (χ2v) is 6.93. The first-order valence-electron chi connectivity index (χ1n) is 7.65. The fraction of sp³-hybridized carbons (Fsp3) is 0.562. The minimum atomic E-state index is -1.17. The van der Waals surface area contributed by atoms with E-state index in [-0.39, 0.29) is 25.2 Å². The lowest BCUT2D eigenvalue weighted by Gasteiger charge is -2.18. The fourth-order valence-electron chi connectivity index (χ4n) is 2.74. The molecule has 1 unspecified atom stereocenters. The molecule has 1 aromatic heterocycles. The normalized spacial score (nSPS) is 16.5. The van der Waals surface area contributed by atoms with Gasteiger partial charge in [0.05, 0.1) is 12.7 Å². The van der Waals surface area contributed by atoms with E-state index in [9.17, 15) is 19.5 Å². The standard InChI is InChI=1S/C16H21NO5S/c1-9-6-7-10-11(8-9)23-15(14(10)16(21)22-2)17-12(18)4-3-5-13(19)20/h9H,3-8H2,1-2H3,(H,17,18)(H,19,20)/p-1. The molecule has 0 saturated carbocycles. The Balaban J connectivity index is 2.15. The van der Waals surface area contributed by atoms with Crippen LogP contribution >= 0.6 is 11.3 Å². The highest BCUT2D eigenvalue weighted by atomic mass is 32.1. The Labute approximate surface area is 138 Å². The number of aliphatic carboxylic acids is 1. The molecular weight excluding hydrogens is 318 g/mol. The molecule has 0 aliphatic heterocycles. The number of anilines is 1. The van der Waals surface area contributed by atoms with Gasteiger partial charge in [-0.2, -0.15) is 0 Å². The second kappa shape index (κ2) is 7.59. The minimum absolute atomic E-state index is 0.0769. The van der Waals surface area contributed by atoms with E-state index in [4.69, 9.17) is 4.74 Å². The molecule has 0 aromatic carbocycles. The summed E-state index contributed by atoms with van der Waals surface area (Å²) in [7, 11) is 1.32. The topological polar surface area (TPSA) is 95.5 Å². The molecule has 1 heterocycles. The van der Waals surface area contributed by atoms with Crippen molar-refractivity contribution in [3.63, 3.8) is 0 Å². The van der Waals surface area contributed by atoms with Gasteiger partial charge in [-0.1, -0.05) is 6.92 Å². The Hall–Kier alpha value is -1.89. The van der Waals surface area contributed by atoms with Gasteiger partial charge in [0.15, 0.2) is 0 Å². The first-order chi connectivity index (χ1) is 10.9. The summed E-state index contributed by atoms with van der Waals surface area (Å²) in [5.41, 5.74) is 1.43. The zero-order valence-electron chi connectivity index (χ0n) is 13.3. The molecular formula is C16H20NO5S-. The molecule has 6 nitrogen and oxygen atoms in total. The zero-order chi connectivity index (χ0) is 17.0. The van der Waals surface area contributed by atoms with Crippen LogP contribution in [-0.4, -0.2) is 25.0 Å². The molecule has 0 bridgehead atoms. The van der Waals surface area contributed by atoms with E-state index in [0.717, 1.165) is 29.7 Å². The molecule has 1 aliphatic rings. The number of methoxy groups -OCH3 is 1. The molecule has 0 fully saturated rings. The lowest BCUT2D eigenvalue weighted by molar-refractivity contribution is -0.305. The monoisotopic (exact) mass is 338 g/mol.